The molecule has 1 unspecified atom stereocenters. The molecule has 0 amide bonds. The largest absolute Gasteiger partial charge is 0.497 e. The third-order valence-electron chi connectivity index (χ3n) is 3.36. The second-order valence-electron chi connectivity index (χ2n) is 4.58. The summed E-state index contributed by atoms with van der Waals surface area (Å²) in [6.07, 6.45) is 0. The van der Waals surface area contributed by atoms with Gasteiger partial charge in [-0.25, -0.2) is 0 Å². The van der Waals surface area contributed by atoms with E-state index in [4.69, 9.17) is 10.5 Å². The van der Waals surface area contributed by atoms with E-state index in [-0.39, 0.29) is 6.04 Å². The van der Waals surface area contributed by atoms with Gasteiger partial charge in [0.1, 0.15) is 5.75 Å². The van der Waals surface area contributed by atoms with Gasteiger partial charge in [0.2, 0.25) is 0 Å². The van der Waals surface area contributed by atoms with Crippen molar-refractivity contribution < 1.29 is 4.74 Å². The molecule has 20 heavy (non-hydrogen) atoms. The molecule has 1 aromatic heterocycles. The molecule has 102 valence electrons. The van der Waals surface area contributed by atoms with Crippen LogP contribution in [0.3, 0.4) is 0 Å². The van der Waals surface area contributed by atoms with E-state index in [1.807, 2.05) is 23.6 Å². The minimum atomic E-state index is -0.101. The summed E-state index contributed by atoms with van der Waals surface area (Å²) in [5, 5.41) is 4.38. The monoisotopic (exact) mass is 347 g/mol. The van der Waals surface area contributed by atoms with Gasteiger partial charge in [0.25, 0.3) is 0 Å². The van der Waals surface area contributed by atoms with Crippen molar-refractivity contribution in [1.29, 1.82) is 0 Å². The number of nitrogens with two attached hydrogens (primary N) is 1. The lowest BCUT2D eigenvalue weighted by Gasteiger charge is -2.12. The molecule has 2 aromatic carbocycles. The first-order valence-corrected chi connectivity index (χ1v) is 7.92. The van der Waals surface area contributed by atoms with Crippen molar-refractivity contribution in [3.05, 3.63) is 62.8 Å². The van der Waals surface area contributed by atoms with E-state index >= 15 is 0 Å². The fraction of sp³-hybridized carbons (Fsp3) is 0.125. The van der Waals surface area contributed by atoms with Gasteiger partial charge < -0.3 is 10.5 Å². The van der Waals surface area contributed by atoms with Crippen molar-refractivity contribution in [3.63, 3.8) is 0 Å². The number of hydrogen-bond acceptors (Lipinski definition) is 3. The molecule has 2 nitrogen and oxygen atoms in total. The Hall–Kier alpha value is -1.36. The van der Waals surface area contributed by atoms with Crippen molar-refractivity contribution >= 4 is 38.0 Å². The van der Waals surface area contributed by atoms with E-state index in [1.165, 1.54) is 5.39 Å². The van der Waals surface area contributed by atoms with Crippen LogP contribution < -0.4 is 10.5 Å². The number of thiophene rings is 1. The highest BCUT2D eigenvalue weighted by Gasteiger charge is 2.14. The van der Waals surface area contributed by atoms with Crippen LogP contribution in [-0.2, 0) is 0 Å². The van der Waals surface area contributed by atoms with E-state index in [0.29, 0.717) is 0 Å². The fourth-order valence-electron chi connectivity index (χ4n) is 2.24. The Kier molecular flexibility index (Phi) is 3.78. The van der Waals surface area contributed by atoms with Gasteiger partial charge in [0.15, 0.2) is 0 Å². The van der Waals surface area contributed by atoms with Gasteiger partial charge in [0.05, 0.1) is 13.2 Å². The molecule has 3 rings (SSSR count). The highest BCUT2D eigenvalue weighted by Crippen LogP contribution is 2.33. The van der Waals surface area contributed by atoms with Gasteiger partial charge in [-0.1, -0.05) is 18.2 Å². The smallest absolute Gasteiger partial charge is 0.119 e. The molecule has 1 atom stereocenters. The van der Waals surface area contributed by atoms with Crippen molar-refractivity contribution in [2.24, 2.45) is 5.73 Å². The number of benzene rings is 2. The van der Waals surface area contributed by atoms with Crippen molar-refractivity contribution in [2.45, 2.75) is 6.04 Å². The van der Waals surface area contributed by atoms with E-state index in [2.05, 4.69) is 40.2 Å². The summed E-state index contributed by atoms with van der Waals surface area (Å²) in [4.78, 5) is 1.15. The van der Waals surface area contributed by atoms with Crippen LogP contribution >= 0.6 is 27.3 Å². The first-order valence-electron chi connectivity index (χ1n) is 6.25. The molecule has 0 spiro atoms. The number of hydrogen-bond donors (Lipinski definition) is 1. The lowest BCUT2D eigenvalue weighted by molar-refractivity contribution is 0.415. The minimum absolute atomic E-state index is 0.101. The van der Waals surface area contributed by atoms with Crippen molar-refractivity contribution in [2.75, 3.05) is 7.11 Å². The van der Waals surface area contributed by atoms with Crippen LogP contribution in [0, 0.1) is 0 Å². The number of methoxy groups -OCH3 is 1. The maximum absolute atomic E-state index is 6.36. The third-order valence-corrected chi connectivity index (χ3v) is 5.31. The molecule has 4 heteroatoms. The molecule has 0 saturated carbocycles. The molecule has 0 fully saturated rings. The zero-order chi connectivity index (χ0) is 14.1. The predicted octanol–water partition coefficient (Wildman–Crippen LogP) is 4.72. The number of rotatable bonds is 3. The molecule has 0 saturated heterocycles. The number of halogens is 1. The molecule has 0 radical (unpaired) electrons. The third kappa shape index (κ3) is 2.46. The first-order chi connectivity index (χ1) is 9.69. The normalized spacial score (nSPS) is 12.6. The van der Waals surface area contributed by atoms with Crippen LogP contribution in [0.4, 0.5) is 0 Å². The van der Waals surface area contributed by atoms with E-state index in [1.54, 1.807) is 18.4 Å². The summed E-state index contributed by atoms with van der Waals surface area (Å²) < 4.78 is 6.32. The molecule has 2 N–H and O–H groups in total. The molecule has 0 aliphatic heterocycles. The molecule has 3 aromatic rings. The Labute approximate surface area is 130 Å². The Morgan fingerprint density at radius 2 is 1.85 bits per heavy atom. The van der Waals surface area contributed by atoms with E-state index in [9.17, 15) is 0 Å². The van der Waals surface area contributed by atoms with Crippen LogP contribution in [0.15, 0.2) is 52.3 Å². The van der Waals surface area contributed by atoms with Gasteiger partial charge in [0, 0.05) is 9.35 Å². The molecule has 0 aliphatic rings. The average molecular weight is 348 g/mol. The summed E-state index contributed by atoms with van der Waals surface area (Å²) in [6, 6.07) is 14.3. The number of fused-ring (bicyclic) bond motifs is 1. The molecule has 1 heterocycles. The second-order valence-corrected chi connectivity index (χ2v) is 6.39. The lowest BCUT2D eigenvalue weighted by Crippen LogP contribution is -2.10. The van der Waals surface area contributed by atoms with Crippen LogP contribution in [0.2, 0.25) is 0 Å². The lowest BCUT2D eigenvalue weighted by atomic mass is 10.0. The summed E-state index contributed by atoms with van der Waals surface area (Å²) >= 11 is 5.22. The van der Waals surface area contributed by atoms with E-state index in [0.717, 1.165) is 26.0 Å². The quantitative estimate of drug-likeness (QED) is 0.743. The first kappa shape index (κ1) is 13.6. The van der Waals surface area contributed by atoms with Crippen molar-refractivity contribution in [1.82, 2.24) is 0 Å². The Bertz CT molecular complexity index is 753. The predicted molar refractivity (Wildman–Crippen MR) is 88.5 cm³/mol. The summed E-state index contributed by atoms with van der Waals surface area (Å²) in [7, 11) is 1.68. The van der Waals surface area contributed by atoms with Crippen LogP contribution in [0.1, 0.15) is 16.5 Å². The minimum Gasteiger partial charge on any atom is -0.497 e. The van der Waals surface area contributed by atoms with Gasteiger partial charge in [-0.3, -0.25) is 0 Å². The van der Waals surface area contributed by atoms with Crippen LogP contribution in [0.25, 0.3) is 10.8 Å². The Morgan fingerprint density at radius 1 is 1.10 bits per heavy atom. The summed E-state index contributed by atoms with van der Waals surface area (Å²) in [5.74, 6) is 0.871. The highest BCUT2D eigenvalue weighted by molar-refractivity contribution is 9.10. The second kappa shape index (κ2) is 5.56. The Morgan fingerprint density at radius 3 is 2.55 bits per heavy atom. The average Bonchev–Trinajstić information content (AvgIpc) is 2.91. The molecular weight excluding hydrogens is 334 g/mol. The maximum atomic E-state index is 6.36. The van der Waals surface area contributed by atoms with Crippen molar-refractivity contribution in [3.8, 4) is 5.75 Å². The zero-order valence-corrected chi connectivity index (χ0v) is 13.4. The summed E-state index contributed by atoms with van der Waals surface area (Å²) in [6.45, 7) is 0. The van der Waals surface area contributed by atoms with E-state index < -0.39 is 0 Å². The van der Waals surface area contributed by atoms with Crippen LogP contribution in [0.5, 0.6) is 5.75 Å². The highest BCUT2D eigenvalue weighted by atomic mass is 79.9. The molecular formula is C16H14BrNOS. The standard InChI is InChI=1S/C16H14BrNOS/c1-19-13-5-4-10-8-12(3-2-11(10)9-13)15(18)16-14(17)6-7-20-16/h2-9,15H,18H2,1H3. The topological polar surface area (TPSA) is 35.2 Å². The summed E-state index contributed by atoms with van der Waals surface area (Å²) in [5.41, 5.74) is 7.48. The Balaban J connectivity index is 2.03. The van der Waals surface area contributed by atoms with Gasteiger partial charge in [-0.05, 0) is 61.9 Å². The fourth-order valence-corrected chi connectivity index (χ4v) is 3.89. The number of ether oxygens (including phenoxy) is 1. The van der Waals surface area contributed by atoms with Gasteiger partial charge in [-0.15, -0.1) is 11.3 Å². The maximum Gasteiger partial charge on any atom is 0.119 e. The molecule has 0 bridgehead atoms. The van der Waals surface area contributed by atoms with Crippen LogP contribution in [-0.4, -0.2) is 7.11 Å². The van der Waals surface area contributed by atoms with Gasteiger partial charge >= 0.3 is 0 Å². The zero-order valence-electron chi connectivity index (χ0n) is 11.0. The molecule has 0 aliphatic carbocycles. The SMILES string of the molecule is COc1ccc2cc(C(N)c3sccc3Br)ccc2c1. The van der Waals surface area contributed by atoms with Gasteiger partial charge in [-0.2, -0.15) is 0 Å².